The molecule has 1 amide bonds. The number of hydrogen-bond acceptors (Lipinski definition) is 4. The molecule has 1 aromatic rings. The second-order valence-electron chi connectivity index (χ2n) is 2.08. The van der Waals surface area contributed by atoms with E-state index < -0.39 is 6.39 Å². The zero-order valence-electron chi connectivity index (χ0n) is 7.00. The van der Waals surface area contributed by atoms with E-state index in [-0.39, 0.29) is 6.04 Å². The molecule has 1 rings (SSSR count). The van der Waals surface area contributed by atoms with Crippen molar-refractivity contribution in [3.63, 3.8) is 0 Å². The quantitative estimate of drug-likeness (QED) is 0.639. The molecule has 11 heavy (non-hydrogen) atoms. The summed E-state index contributed by atoms with van der Waals surface area (Å²) in [6, 6.07) is -0.247. The Balaban J connectivity index is 2.64. The van der Waals surface area contributed by atoms with Crippen molar-refractivity contribution in [3.8, 4) is 0 Å². The van der Waals surface area contributed by atoms with Gasteiger partial charge in [0.05, 0.1) is 11.7 Å². The molecule has 0 saturated carbocycles. The van der Waals surface area contributed by atoms with Crippen molar-refractivity contribution in [1.29, 1.82) is 0 Å². The van der Waals surface area contributed by atoms with Crippen molar-refractivity contribution in [1.82, 2.24) is 10.3 Å². The van der Waals surface area contributed by atoms with E-state index in [1.54, 1.807) is 12.3 Å². The normalized spacial score (nSPS) is 13.7. The van der Waals surface area contributed by atoms with Crippen molar-refractivity contribution in [2.45, 2.75) is 13.0 Å². The van der Waals surface area contributed by atoms with Crippen LogP contribution in [0.4, 0.5) is 5.13 Å². The van der Waals surface area contributed by atoms with E-state index in [0.717, 1.165) is 0 Å². The van der Waals surface area contributed by atoms with Gasteiger partial charge in [-0.1, -0.05) is 0 Å². The summed E-state index contributed by atoms with van der Waals surface area (Å²) in [5, 5.41) is 4.62. The number of nitrogens with two attached hydrogens (primary N) is 1. The molecule has 0 fully saturated rings. The average Bonchev–Trinajstić information content (AvgIpc) is 2.34. The molecule has 0 aliphatic carbocycles. The average molecular weight is 172 g/mol. The number of rotatable bonds is 2. The molecule has 0 aromatic carbocycles. The predicted octanol–water partition coefficient (Wildman–Crippen LogP) is 0.532. The number of hydrogen-bond donors (Lipinski definition) is 2. The van der Waals surface area contributed by atoms with E-state index in [1.165, 1.54) is 11.3 Å². The Labute approximate surface area is 69.8 Å². The molecular weight excluding hydrogens is 162 g/mol. The smallest absolute Gasteiger partial charge is 0.207 e. The Kier molecular flexibility index (Phi) is 2.00. The summed E-state index contributed by atoms with van der Waals surface area (Å²) in [5.41, 5.74) is 6.09. The maximum atomic E-state index is 10.3. The summed E-state index contributed by atoms with van der Waals surface area (Å²) in [4.78, 5) is 14.3. The van der Waals surface area contributed by atoms with Gasteiger partial charge in [-0.2, -0.15) is 0 Å². The third kappa shape index (κ3) is 1.91. The van der Waals surface area contributed by atoms with Crippen molar-refractivity contribution >= 4 is 22.9 Å². The van der Waals surface area contributed by atoms with Gasteiger partial charge in [0, 0.05) is 5.38 Å². The molecule has 4 nitrogen and oxygen atoms in total. The van der Waals surface area contributed by atoms with Crippen LogP contribution < -0.4 is 11.1 Å². The van der Waals surface area contributed by atoms with Gasteiger partial charge in [-0.05, 0) is 6.92 Å². The fourth-order valence-corrected chi connectivity index (χ4v) is 1.32. The lowest BCUT2D eigenvalue weighted by atomic mass is 10.3. The second-order valence-corrected chi connectivity index (χ2v) is 2.97. The number of anilines is 1. The molecule has 0 bridgehead atoms. The highest BCUT2D eigenvalue weighted by Crippen LogP contribution is 2.16. The predicted molar refractivity (Wildman–Crippen MR) is 44.1 cm³/mol. The lowest BCUT2D eigenvalue weighted by molar-refractivity contribution is -0.110. The molecule has 1 heterocycles. The molecule has 0 aliphatic rings. The molecular formula is C6H9N3OS. The van der Waals surface area contributed by atoms with Gasteiger partial charge in [0.25, 0.3) is 0 Å². The molecule has 5 heteroatoms. The summed E-state index contributed by atoms with van der Waals surface area (Å²) in [6.07, 6.45) is -0.811. The van der Waals surface area contributed by atoms with Crippen LogP contribution >= 0.6 is 11.3 Å². The molecule has 0 aliphatic heterocycles. The third-order valence-corrected chi connectivity index (χ3v) is 1.95. The van der Waals surface area contributed by atoms with Crippen LogP contribution in [0.2, 0.25) is 0 Å². The minimum absolute atomic E-state index is 0.247. The number of carbonyl (C=O) groups excluding carboxylic acids is 1. The number of nitrogens with one attached hydrogen (secondary N) is 1. The van der Waals surface area contributed by atoms with Gasteiger partial charge in [-0.25, -0.2) is 4.98 Å². The molecule has 1 aromatic heterocycles. The highest BCUT2D eigenvalue weighted by Gasteiger charge is 2.06. The van der Waals surface area contributed by atoms with Crippen molar-refractivity contribution < 1.29 is 6.17 Å². The van der Waals surface area contributed by atoms with E-state index >= 15 is 0 Å². The van der Waals surface area contributed by atoms with Gasteiger partial charge in [0.15, 0.2) is 5.13 Å². The summed E-state index contributed by atoms with van der Waals surface area (Å²) in [7, 11) is 0. The van der Waals surface area contributed by atoms with E-state index in [0.29, 0.717) is 10.8 Å². The van der Waals surface area contributed by atoms with E-state index in [1.807, 2.05) is 0 Å². The highest BCUT2D eigenvalue weighted by atomic mass is 32.1. The van der Waals surface area contributed by atoms with Crippen LogP contribution in [-0.4, -0.2) is 11.4 Å². The molecule has 1 atom stereocenters. The monoisotopic (exact) mass is 172 g/mol. The molecule has 0 saturated heterocycles. The van der Waals surface area contributed by atoms with Gasteiger partial charge in [-0.3, -0.25) is 4.79 Å². The maximum Gasteiger partial charge on any atom is 0.207 e. The van der Waals surface area contributed by atoms with Gasteiger partial charge in [0.2, 0.25) is 6.39 Å². The second kappa shape index (κ2) is 3.34. The first kappa shape index (κ1) is 6.60. The Morgan fingerprint density at radius 2 is 2.82 bits per heavy atom. The zero-order chi connectivity index (χ0) is 9.14. The minimum atomic E-state index is -0.811. The topological polar surface area (TPSA) is 68.0 Å². The van der Waals surface area contributed by atoms with Crippen LogP contribution in [0.3, 0.4) is 0 Å². The SMILES string of the molecule is [2H]C(=O)NC(C)c1csc(N)n1. The van der Waals surface area contributed by atoms with Gasteiger partial charge in [-0.15, -0.1) is 11.3 Å². The minimum Gasteiger partial charge on any atom is -0.375 e. The van der Waals surface area contributed by atoms with Gasteiger partial charge < -0.3 is 11.1 Å². The summed E-state index contributed by atoms with van der Waals surface area (Å²) < 4.78 is 6.66. The summed E-state index contributed by atoms with van der Waals surface area (Å²) in [6.45, 7) is 1.75. The number of nitrogen functional groups attached to an aromatic ring is 1. The lowest BCUT2D eigenvalue weighted by Gasteiger charge is -2.04. The van der Waals surface area contributed by atoms with Crippen LogP contribution in [0.5, 0.6) is 0 Å². The third-order valence-electron chi connectivity index (χ3n) is 1.26. The van der Waals surface area contributed by atoms with Gasteiger partial charge in [0.1, 0.15) is 1.37 Å². The Bertz CT molecular complexity index is 288. The Morgan fingerprint density at radius 1 is 2.09 bits per heavy atom. The number of nitrogens with zero attached hydrogens (tertiary/aromatic N) is 1. The van der Waals surface area contributed by atoms with Crippen LogP contribution in [0.1, 0.15) is 20.0 Å². The first-order valence-electron chi connectivity index (χ1n) is 3.57. The Morgan fingerprint density at radius 3 is 3.27 bits per heavy atom. The van der Waals surface area contributed by atoms with E-state index in [9.17, 15) is 4.79 Å². The standard InChI is InChI=1S/C6H9N3OS/c1-4(8-3-10)5-2-11-6(7)9-5/h2-4H,1H3,(H2,7,9)(H,8,10)/i3D. The van der Waals surface area contributed by atoms with Gasteiger partial charge >= 0.3 is 0 Å². The number of aromatic nitrogens is 1. The lowest BCUT2D eigenvalue weighted by Crippen LogP contribution is -2.16. The zero-order valence-corrected chi connectivity index (χ0v) is 6.81. The number of carbonyl (C=O) groups is 1. The largest absolute Gasteiger partial charge is 0.375 e. The van der Waals surface area contributed by atoms with Crippen LogP contribution in [0.15, 0.2) is 5.38 Å². The van der Waals surface area contributed by atoms with Crippen molar-refractivity contribution in [2.24, 2.45) is 0 Å². The Hall–Kier alpha value is -1.10. The molecule has 1 unspecified atom stereocenters. The van der Waals surface area contributed by atoms with E-state index in [4.69, 9.17) is 7.10 Å². The molecule has 60 valence electrons. The highest BCUT2D eigenvalue weighted by molar-refractivity contribution is 7.13. The van der Waals surface area contributed by atoms with Crippen LogP contribution in [-0.2, 0) is 4.79 Å². The molecule has 3 N–H and O–H groups in total. The van der Waals surface area contributed by atoms with Crippen molar-refractivity contribution in [3.05, 3.63) is 11.1 Å². The van der Waals surface area contributed by atoms with E-state index in [2.05, 4.69) is 10.3 Å². The maximum absolute atomic E-state index is 10.3. The fraction of sp³-hybridized carbons (Fsp3) is 0.333. The summed E-state index contributed by atoms with van der Waals surface area (Å²) >= 11 is 1.31. The first-order chi connectivity index (χ1) is 5.59. The first-order valence-corrected chi connectivity index (χ1v) is 3.95. The molecule has 0 radical (unpaired) electrons. The van der Waals surface area contributed by atoms with Crippen LogP contribution in [0, 0.1) is 0 Å². The van der Waals surface area contributed by atoms with Crippen molar-refractivity contribution in [2.75, 3.05) is 5.73 Å². The number of thiazole rings is 1. The molecule has 0 spiro atoms. The summed E-state index contributed by atoms with van der Waals surface area (Å²) in [5.74, 6) is 0. The fourth-order valence-electron chi connectivity index (χ4n) is 0.662. The van der Waals surface area contributed by atoms with Crippen LogP contribution in [0.25, 0.3) is 0 Å². The number of amides is 1.